The van der Waals surface area contributed by atoms with Crippen LogP contribution in [0.15, 0.2) is 48.5 Å². The number of rotatable bonds is 7. The average Bonchev–Trinajstić information content (AvgIpc) is 3.38. The minimum absolute atomic E-state index is 0.0907. The Kier molecular flexibility index (Phi) is 8.63. The zero-order chi connectivity index (χ0) is 24.7. The summed E-state index contributed by atoms with van der Waals surface area (Å²) in [5, 5.41) is 6.47. The van der Waals surface area contributed by atoms with E-state index in [0.717, 1.165) is 18.3 Å². The maximum absolute atomic E-state index is 12.0. The molecular weight excluding hydrogens is 444 g/mol. The Morgan fingerprint density at radius 1 is 0.833 bits per heavy atom. The SMILES string of the molecule is CCNC(=O)O[C@H]1CN[C@@H](C(c2ccc(C3CCCCC3)cc2)c2ccc(C3CCCCC3)cc2)C1. The predicted molar refractivity (Wildman–Crippen MR) is 147 cm³/mol. The Bertz CT molecular complexity index is 897. The van der Waals surface area contributed by atoms with Crippen LogP contribution in [0.25, 0.3) is 0 Å². The fourth-order valence-corrected chi connectivity index (χ4v) is 6.89. The Hall–Kier alpha value is -2.33. The van der Waals surface area contributed by atoms with Crippen LogP contribution in [0.1, 0.15) is 118 Å². The minimum atomic E-state index is -0.310. The second-order valence-corrected chi connectivity index (χ2v) is 11.3. The number of ether oxygens (including phenoxy) is 1. The molecule has 1 heterocycles. The number of hydrogen-bond donors (Lipinski definition) is 2. The Labute approximate surface area is 217 Å². The smallest absolute Gasteiger partial charge is 0.407 e. The lowest BCUT2D eigenvalue weighted by molar-refractivity contribution is 0.106. The molecule has 4 nitrogen and oxygen atoms in total. The van der Waals surface area contributed by atoms with Crippen molar-refractivity contribution in [1.29, 1.82) is 0 Å². The molecule has 1 saturated heterocycles. The van der Waals surface area contributed by atoms with Gasteiger partial charge in [-0.15, -0.1) is 0 Å². The van der Waals surface area contributed by atoms with Gasteiger partial charge in [0.2, 0.25) is 0 Å². The van der Waals surface area contributed by atoms with Crippen molar-refractivity contribution in [1.82, 2.24) is 10.6 Å². The third kappa shape index (κ3) is 6.14. The molecule has 36 heavy (non-hydrogen) atoms. The maximum Gasteiger partial charge on any atom is 0.407 e. The molecule has 2 aromatic rings. The van der Waals surface area contributed by atoms with Crippen LogP contribution in [0.4, 0.5) is 4.79 Å². The van der Waals surface area contributed by atoms with Crippen LogP contribution in [-0.4, -0.2) is 31.3 Å². The zero-order valence-corrected chi connectivity index (χ0v) is 22.0. The molecule has 3 aliphatic rings. The van der Waals surface area contributed by atoms with Gasteiger partial charge in [0.25, 0.3) is 0 Å². The topological polar surface area (TPSA) is 50.4 Å². The van der Waals surface area contributed by atoms with Gasteiger partial charge in [-0.1, -0.05) is 87.1 Å². The molecule has 0 bridgehead atoms. The van der Waals surface area contributed by atoms with Gasteiger partial charge >= 0.3 is 6.09 Å². The summed E-state index contributed by atoms with van der Waals surface area (Å²) in [4.78, 5) is 12.0. The Balaban J connectivity index is 1.36. The third-order valence-corrected chi connectivity index (χ3v) is 8.87. The van der Waals surface area contributed by atoms with E-state index in [1.807, 2.05) is 6.92 Å². The molecule has 0 radical (unpaired) electrons. The summed E-state index contributed by atoms with van der Waals surface area (Å²) in [6, 6.07) is 19.2. The highest BCUT2D eigenvalue weighted by Gasteiger charge is 2.34. The fraction of sp³-hybridized carbons (Fsp3) is 0.594. The normalized spacial score (nSPS) is 23.6. The molecule has 4 heteroatoms. The predicted octanol–water partition coefficient (Wildman–Crippen LogP) is 7.39. The highest BCUT2D eigenvalue weighted by molar-refractivity contribution is 5.67. The van der Waals surface area contributed by atoms with Gasteiger partial charge in [-0.3, -0.25) is 0 Å². The summed E-state index contributed by atoms with van der Waals surface area (Å²) in [6.07, 6.45) is 14.0. The molecule has 1 aliphatic heterocycles. The quantitative estimate of drug-likeness (QED) is 0.427. The Morgan fingerprint density at radius 3 is 1.81 bits per heavy atom. The number of nitrogens with one attached hydrogen (secondary N) is 2. The first kappa shape index (κ1) is 25.3. The van der Waals surface area contributed by atoms with Gasteiger partial charge in [0.1, 0.15) is 6.10 Å². The summed E-state index contributed by atoms with van der Waals surface area (Å²) >= 11 is 0. The number of alkyl carbamates (subject to hydrolysis) is 1. The highest BCUT2D eigenvalue weighted by Crippen LogP contribution is 2.38. The van der Waals surface area contributed by atoms with Crippen molar-refractivity contribution in [2.75, 3.05) is 13.1 Å². The molecule has 0 unspecified atom stereocenters. The number of amides is 1. The molecule has 2 aliphatic carbocycles. The van der Waals surface area contributed by atoms with Crippen LogP contribution >= 0.6 is 0 Å². The van der Waals surface area contributed by atoms with Crippen LogP contribution < -0.4 is 10.6 Å². The molecule has 1 amide bonds. The standard InChI is InChI=1S/C32H44N2O2/c1-2-33-32(35)36-29-21-30(34-22-29)31(27-17-13-25(14-18-27)23-9-5-3-6-10-23)28-19-15-26(16-20-28)24-11-7-4-8-12-24/h13-20,23-24,29-31,34H,2-12,21-22H2,1H3,(H,33,35)/t29-,30-/m1/s1. The Morgan fingerprint density at radius 2 is 1.33 bits per heavy atom. The maximum atomic E-state index is 12.0. The van der Waals surface area contributed by atoms with Gasteiger partial charge < -0.3 is 15.4 Å². The van der Waals surface area contributed by atoms with E-state index < -0.39 is 0 Å². The first-order chi connectivity index (χ1) is 17.7. The molecule has 2 aromatic carbocycles. The first-order valence-corrected chi connectivity index (χ1v) is 14.6. The molecule has 0 aromatic heterocycles. The van der Waals surface area contributed by atoms with Crippen LogP contribution in [0.2, 0.25) is 0 Å². The van der Waals surface area contributed by atoms with Crippen molar-refractivity contribution in [2.45, 2.75) is 107 Å². The minimum Gasteiger partial charge on any atom is -0.445 e. The molecule has 3 fully saturated rings. The summed E-state index contributed by atoms with van der Waals surface area (Å²) < 4.78 is 5.69. The van der Waals surface area contributed by atoms with Crippen molar-refractivity contribution in [3.63, 3.8) is 0 Å². The van der Waals surface area contributed by atoms with Crippen molar-refractivity contribution < 1.29 is 9.53 Å². The highest BCUT2D eigenvalue weighted by atomic mass is 16.6. The number of hydrogen-bond acceptors (Lipinski definition) is 3. The van der Waals surface area contributed by atoms with Crippen LogP contribution in [0.3, 0.4) is 0 Å². The lowest BCUT2D eigenvalue weighted by Gasteiger charge is -2.27. The average molecular weight is 489 g/mol. The number of benzene rings is 2. The molecule has 2 N–H and O–H groups in total. The van der Waals surface area contributed by atoms with E-state index in [9.17, 15) is 4.79 Å². The molecule has 5 rings (SSSR count). The van der Waals surface area contributed by atoms with Crippen molar-refractivity contribution in [2.24, 2.45) is 0 Å². The van der Waals surface area contributed by atoms with Crippen LogP contribution in [0, 0.1) is 0 Å². The summed E-state index contributed by atoms with van der Waals surface area (Å²) in [6.45, 7) is 3.21. The fourth-order valence-electron chi connectivity index (χ4n) is 6.89. The van der Waals surface area contributed by atoms with Gasteiger partial charge in [0.15, 0.2) is 0 Å². The molecule has 2 saturated carbocycles. The van der Waals surface area contributed by atoms with Crippen molar-refractivity contribution in [3.8, 4) is 0 Å². The van der Waals surface area contributed by atoms with Gasteiger partial charge in [-0.25, -0.2) is 4.79 Å². The van der Waals surface area contributed by atoms with Crippen LogP contribution in [0.5, 0.6) is 0 Å². The van der Waals surface area contributed by atoms with E-state index in [1.54, 1.807) is 0 Å². The second kappa shape index (κ2) is 12.3. The van der Waals surface area contributed by atoms with Gasteiger partial charge in [0.05, 0.1) is 0 Å². The van der Waals surface area contributed by atoms with E-state index >= 15 is 0 Å². The lowest BCUT2D eigenvalue weighted by Crippen LogP contribution is -2.30. The van der Waals surface area contributed by atoms with Gasteiger partial charge in [-0.05, 0) is 66.7 Å². The molecule has 194 valence electrons. The van der Waals surface area contributed by atoms with E-state index in [4.69, 9.17) is 4.74 Å². The van der Waals surface area contributed by atoms with E-state index in [2.05, 4.69) is 59.2 Å². The number of carbonyl (C=O) groups excluding carboxylic acids is 1. The van der Waals surface area contributed by atoms with Crippen molar-refractivity contribution >= 4 is 6.09 Å². The van der Waals surface area contributed by atoms with Crippen molar-refractivity contribution in [3.05, 3.63) is 70.8 Å². The first-order valence-electron chi connectivity index (χ1n) is 14.6. The number of carbonyl (C=O) groups is 1. The van der Waals surface area contributed by atoms with Gasteiger partial charge in [0, 0.05) is 31.5 Å². The monoisotopic (exact) mass is 488 g/mol. The third-order valence-electron chi connectivity index (χ3n) is 8.87. The van der Waals surface area contributed by atoms with E-state index in [1.165, 1.54) is 86.5 Å². The van der Waals surface area contributed by atoms with Crippen LogP contribution in [-0.2, 0) is 4.74 Å². The molecular formula is C32H44N2O2. The lowest BCUT2D eigenvalue weighted by atomic mass is 9.79. The summed E-state index contributed by atoms with van der Waals surface area (Å²) in [7, 11) is 0. The largest absolute Gasteiger partial charge is 0.445 e. The summed E-state index contributed by atoms with van der Waals surface area (Å²) in [5.41, 5.74) is 5.72. The zero-order valence-electron chi connectivity index (χ0n) is 22.0. The van der Waals surface area contributed by atoms with Gasteiger partial charge in [-0.2, -0.15) is 0 Å². The summed E-state index contributed by atoms with van der Waals surface area (Å²) in [5.74, 6) is 1.69. The second-order valence-electron chi connectivity index (χ2n) is 11.3. The molecule has 2 atom stereocenters. The van der Waals surface area contributed by atoms with E-state index in [0.29, 0.717) is 13.1 Å². The molecule has 0 spiro atoms. The van der Waals surface area contributed by atoms with E-state index in [-0.39, 0.29) is 24.2 Å².